The zero-order chi connectivity index (χ0) is 19.8. The molecule has 2 aromatic rings. The fourth-order valence-corrected chi connectivity index (χ4v) is 3.25. The summed E-state index contributed by atoms with van der Waals surface area (Å²) in [4.78, 5) is 14.0. The Morgan fingerprint density at radius 2 is 2.22 bits per heavy atom. The van der Waals surface area contributed by atoms with Crippen molar-refractivity contribution in [3.63, 3.8) is 0 Å². The fraction of sp³-hybridized carbons (Fsp3) is 0.421. The number of hydrogen-bond donors (Lipinski definition) is 1. The van der Waals surface area contributed by atoms with Crippen molar-refractivity contribution in [2.45, 2.75) is 39.0 Å². The first-order valence-electron chi connectivity index (χ1n) is 8.59. The molecule has 0 aliphatic carbocycles. The van der Waals surface area contributed by atoms with E-state index in [0.29, 0.717) is 27.5 Å². The van der Waals surface area contributed by atoms with Crippen molar-refractivity contribution in [2.75, 3.05) is 13.2 Å². The van der Waals surface area contributed by atoms with Gasteiger partial charge in [0.15, 0.2) is 0 Å². The van der Waals surface area contributed by atoms with E-state index in [0.717, 1.165) is 0 Å². The number of halogens is 1. The van der Waals surface area contributed by atoms with Gasteiger partial charge in [-0.15, -0.1) is 0 Å². The Balaban J connectivity index is 2.03. The molecule has 1 amide bonds. The molecule has 0 saturated heterocycles. The van der Waals surface area contributed by atoms with Crippen LogP contribution in [0.15, 0.2) is 24.3 Å². The molecule has 1 aliphatic rings. The van der Waals surface area contributed by atoms with E-state index in [1.807, 2.05) is 6.07 Å². The number of aliphatic hydroxyl groups is 1. The highest BCUT2D eigenvalue weighted by Crippen LogP contribution is 2.32. The minimum Gasteiger partial charge on any atom is -0.444 e. The van der Waals surface area contributed by atoms with Gasteiger partial charge < -0.3 is 14.7 Å². The average molecular weight is 389 g/mol. The van der Waals surface area contributed by atoms with E-state index < -0.39 is 17.7 Å². The topological polar surface area (TPSA) is 91.4 Å². The molecule has 27 heavy (non-hydrogen) atoms. The van der Waals surface area contributed by atoms with E-state index in [2.05, 4.69) is 11.2 Å². The summed E-state index contributed by atoms with van der Waals surface area (Å²) in [6.07, 6.45) is -0.485. The van der Waals surface area contributed by atoms with Gasteiger partial charge in [0.2, 0.25) is 0 Å². The summed E-state index contributed by atoms with van der Waals surface area (Å²) in [5, 5.41) is 24.6. The summed E-state index contributed by atoms with van der Waals surface area (Å²) in [7, 11) is 0. The third-order valence-corrected chi connectivity index (χ3v) is 4.43. The Morgan fingerprint density at radius 1 is 1.48 bits per heavy atom. The zero-order valence-electron chi connectivity index (χ0n) is 15.4. The van der Waals surface area contributed by atoms with Gasteiger partial charge in [0.05, 0.1) is 24.9 Å². The molecular weight excluding hydrogens is 368 g/mol. The second-order valence-corrected chi connectivity index (χ2v) is 7.87. The Morgan fingerprint density at radius 3 is 2.81 bits per heavy atom. The number of aromatic nitrogens is 2. The van der Waals surface area contributed by atoms with Crippen LogP contribution in [-0.2, 0) is 11.3 Å². The lowest BCUT2D eigenvalue weighted by atomic mass is 10.1. The van der Waals surface area contributed by atoms with Gasteiger partial charge in [-0.3, -0.25) is 4.68 Å². The van der Waals surface area contributed by atoms with Crippen LogP contribution in [0.1, 0.15) is 38.1 Å². The molecule has 0 spiro atoms. The van der Waals surface area contributed by atoms with Gasteiger partial charge in [0.1, 0.15) is 22.9 Å². The molecule has 0 fully saturated rings. The third-order valence-electron chi connectivity index (χ3n) is 4.20. The Hall–Kier alpha value is -2.56. The number of hydrogen-bond acceptors (Lipinski definition) is 5. The number of fused-ring (bicyclic) bond motifs is 1. The number of benzene rings is 1. The van der Waals surface area contributed by atoms with E-state index in [9.17, 15) is 15.2 Å². The van der Waals surface area contributed by atoms with Gasteiger partial charge in [0, 0.05) is 17.1 Å². The molecule has 8 heteroatoms. The van der Waals surface area contributed by atoms with E-state index in [1.54, 1.807) is 43.7 Å². The van der Waals surface area contributed by atoms with E-state index in [1.165, 1.54) is 4.90 Å². The number of rotatable bonds is 2. The predicted molar refractivity (Wildman–Crippen MR) is 100 cm³/mol. The maximum Gasteiger partial charge on any atom is 0.410 e. The number of carbonyl (C=O) groups is 1. The summed E-state index contributed by atoms with van der Waals surface area (Å²) in [6, 6.07) is 8.81. The molecule has 0 bridgehead atoms. The van der Waals surface area contributed by atoms with Crippen molar-refractivity contribution < 1.29 is 14.6 Å². The lowest BCUT2D eigenvalue weighted by Crippen LogP contribution is -2.44. The van der Waals surface area contributed by atoms with Crippen LogP contribution in [0.5, 0.6) is 0 Å². The molecule has 142 valence electrons. The third kappa shape index (κ3) is 3.92. The number of nitrogens with zero attached hydrogens (tertiary/aromatic N) is 4. The fourth-order valence-electron chi connectivity index (χ4n) is 3.06. The summed E-state index contributed by atoms with van der Waals surface area (Å²) >= 11 is 6.07. The number of amides is 1. The zero-order valence-corrected chi connectivity index (χ0v) is 16.2. The molecule has 1 aromatic heterocycles. The second kappa shape index (κ2) is 7.22. The van der Waals surface area contributed by atoms with Gasteiger partial charge in [-0.1, -0.05) is 23.7 Å². The van der Waals surface area contributed by atoms with Crippen molar-refractivity contribution in [1.29, 1.82) is 5.26 Å². The highest BCUT2D eigenvalue weighted by molar-refractivity contribution is 6.30. The van der Waals surface area contributed by atoms with Crippen molar-refractivity contribution in [1.82, 2.24) is 14.7 Å². The van der Waals surface area contributed by atoms with E-state index in [4.69, 9.17) is 16.3 Å². The normalized spacial score (nSPS) is 16.6. The molecule has 1 unspecified atom stereocenters. The van der Waals surface area contributed by atoms with Gasteiger partial charge >= 0.3 is 6.09 Å². The van der Waals surface area contributed by atoms with Crippen LogP contribution in [0.4, 0.5) is 4.79 Å². The number of aliphatic hydroxyl groups excluding tert-OH is 1. The maximum absolute atomic E-state index is 12.5. The van der Waals surface area contributed by atoms with Crippen LogP contribution in [-0.4, -0.2) is 44.6 Å². The molecule has 1 aromatic carbocycles. The van der Waals surface area contributed by atoms with Crippen LogP contribution < -0.4 is 0 Å². The van der Waals surface area contributed by atoms with Crippen LogP contribution >= 0.6 is 11.6 Å². The Labute approximate surface area is 162 Å². The largest absolute Gasteiger partial charge is 0.444 e. The van der Waals surface area contributed by atoms with Crippen LogP contribution in [0.3, 0.4) is 0 Å². The molecular formula is C19H21ClN4O3. The van der Waals surface area contributed by atoms with Crippen molar-refractivity contribution in [2.24, 2.45) is 0 Å². The smallest absolute Gasteiger partial charge is 0.410 e. The van der Waals surface area contributed by atoms with Gasteiger partial charge in [-0.25, -0.2) is 4.79 Å². The highest BCUT2D eigenvalue weighted by Gasteiger charge is 2.34. The summed E-state index contributed by atoms with van der Waals surface area (Å²) in [5.74, 6) is 0. The van der Waals surface area contributed by atoms with Crippen molar-refractivity contribution in [3.05, 3.63) is 40.5 Å². The highest BCUT2D eigenvalue weighted by atomic mass is 35.5. The number of nitriles is 1. The molecule has 0 radical (unpaired) electrons. The molecule has 3 rings (SSSR count). The summed E-state index contributed by atoms with van der Waals surface area (Å²) < 4.78 is 7.08. The van der Waals surface area contributed by atoms with E-state index >= 15 is 0 Å². The van der Waals surface area contributed by atoms with Crippen molar-refractivity contribution in [3.8, 4) is 17.3 Å². The quantitative estimate of drug-likeness (QED) is 0.851. The van der Waals surface area contributed by atoms with Crippen LogP contribution in [0.25, 0.3) is 11.3 Å². The Bertz CT molecular complexity index is 911. The Kier molecular flexibility index (Phi) is 5.13. The van der Waals surface area contributed by atoms with Gasteiger partial charge in [-0.05, 0) is 32.9 Å². The SMILES string of the molecule is CC(C)(C)OC(=O)N1Cc2c(C#N)c(-c3cccc(Cl)c3)nn2C(CO)C1. The minimum atomic E-state index is -0.631. The lowest BCUT2D eigenvalue weighted by molar-refractivity contribution is 0.0129. The minimum absolute atomic E-state index is 0.182. The molecule has 1 atom stereocenters. The molecule has 1 N–H and O–H groups in total. The molecule has 7 nitrogen and oxygen atoms in total. The molecule has 0 saturated carbocycles. The first kappa shape index (κ1) is 19.2. The lowest BCUT2D eigenvalue weighted by Gasteiger charge is -2.34. The van der Waals surface area contributed by atoms with Crippen molar-refractivity contribution >= 4 is 17.7 Å². The summed E-state index contributed by atoms with van der Waals surface area (Å²) in [5.41, 5.74) is 1.50. The van der Waals surface area contributed by atoms with Gasteiger partial charge in [-0.2, -0.15) is 10.4 Å². The average Bonchev–Trinajstić information content (AvgIpc) is 2.98. The standard InChI is InChI=1S/C19H21ClN4O3/c1-19(2,3)27-18(26)23-9-14(11-25)24-16(10-23)15(8-21)17(22-24)12-5-4-6-13(20)7-12/h4-7,14,25H,9-11H2,1-3H3. The van der Waals surface area contributed by atoms with Gasteiger partial charge in [0.25, 0.3) is 0 Å². The first-order chi connectivity index (χ1) is 12.7. The number of carbonyl (C=O) groups excluding carboxylic acids is 1. The van der Waals surface area contributed by atoms with Crippen LogP contribution in [0, 0.1) is 11.3 Å². The van der Waals surface area contributed by atoms with Crippen LogP contribution in [0.2, 0.25) is 5.02 Å². The maximum atomic E-state index is 12.5. The first-order valence-corrected chi connectivity index (χ1v) is 8.97. The van der Waals surface area contributed by atoms with E-state index in [-0.39, 0.29) is 19.7 Å². The predicted octanol–water partition coefficient (Wildman–Crippen LogP) is 3.36. The summed E-state index contributed by atoms with van der Waals surface area (Å²) in [6.45, 7) is 5.59. The number of ether oxygens (including phenoxy) is 1. The monoisotopic (exact) mass is 388 g/mol. The molecule has 2 heterocycles. The molecule has 1 aliphatic heterocycles. The second-order valence-electron chi connectivity index (χ2n) is 7.43.